The molecule has 2 atom stereocenters. The van der Waals surface area contributed by atoms with Crippen LogP contribution in [0.5, 0.6) is 0 Å². The zero-order valence-corrected chi connectivity index (χ0v) is 11.9. The molecule has 1 aromatic heterocycles. The molecule has 0 bridgehead atoms. The lowest BCUT2D eigenvalue weighted by Crippen LogP contribution is -2.43. The number of hydrogen-bond acceptors (Lipinski definition) is 3. The lowest BCUT2D eigenvalue weighted by molar-refractivity contribution is 0.147. The number of aryl methyl sites for hydroxylation is 1. The molecule has 4 heteroatoms. The van der Waals surface area contributed by atoms with Crippen molar-refractivity contribution < 1.29 is 0 Å². The highest BCUT2D eigenvalue weighted by molar-refractivity contribution is 5.04. The van der Waals surface area contributed by atoms with Crippen molar-refractivity contribution in [3.63, 3.8) is 0 Å². The molecule has 1 aliphatic heterocycles. The van der Waals surface area contributed by atoms with Gasteiger partial charge in [-0.15, -0.1) is 0 Å². The molecule has 0 amide bonds. The summed E-state index contributed by atoms with van der Waals surface area (Å²) in [5.74, 6) is 0.782. The fourth-order valence-corrected chi connectivity index (χ4v) is 2.80. The van der Waals surface area contributed by atoms with Crippen LogP contribution in [0.15, 0.2) is 12.4 Å². The maximum atomic E-state index is 4.35. The van der Waals surface area contributed by atoms with Crippen LogP contribution in [0.2, 0.25) is 0 Å². The first-order valence-electron chi connectivity index (χ1n) is 7.14. The predicted octanol–water partition coefficient (Wildman–Crippen LogP) is 1.72. The molecule has 1 fully saturated rings. The van der Waals surface area contributed by atoms with Crippen LogP contribution in [0.3, 0.4) is 0 Å². The second kappa shape index (κ2) is 6.34. The molecular weight excluding hydrogens is 224 g/mol. The third-order valence-electron chi connectivity index (χ3n) is 4.12. The summed E-state index contributed by atoms with van der Waals surface area (Å²) in [5.41, 5.74) is 1.34. The van der Waals surface area contributed by atoms with Crippen LogP contribution in [0.4, 0.5) is 0 Å². The first-order valence-corrected chi connectivity index (χ1v) is 7.14. The maximum Gasteiger partial charge on any atom is 0.0534 e. The second-order valence-corrected chi connectivity index (χ2v) is 5.42. The zero-order chi connectivity index (χ0) is 13.0. The highest BCUT2D eigenvalue weighted by Crippen LogP contribution is 2.21. The van der Waals surface area contributed by atoms with E-state index in [2.05, 4.69) is 42.4 Å². The SMILES string of the molecule is CCn1cc(CN2CCCC(C(C)NC)C2)cn1. The molecule has 1 aromatic rings. The molecule has 4 nitrogen and oxygen atoms in total. The number of hydrogen-bond donors (Lipinski definition) is 1. The quantitative estimate of drug-likeness (QED) is 0.864. The lowest BCUT2D eigenvalue weighted by atomic mass is 9.91. The highest BCUT2D eigenvalue weighted by Gasteiger charge is 2.23. The van der Waals surface area contributed by atoms with Crippen molar-refractivity contribution in [3.8, 4) is 0 Å². The van der Waals surface area contributed by atoms with Crippen molar-refractivity contribution in [2.45, 2.75) is 45.8 Å². The summed E-state index contributed by atoms with van der Waals surface area (Å²) in [7, 11) is 2.06. The van der Waals surface area contributed by atoms with E-state index in [1.165, 1.54) is 31.5 Å². The molecule has 0 radical (unpaired) electrons. The summed E-state index contributed by atoms with van der Waals surface area (Å²) < 4.78 is 2.01. The number of piperidine rings is 1. The van der Waals surface area contributed by atoms with Crippen molar-refractivity contribution in [3.05, 3.63) is 18.0 Å². The summed E-state index contributed by atoms with van der Waals surface area (Å²) in [4.78, 5) is 2.57. The smallest absolute Gasteiger partial charge is 0.0534 e. The van der Waals surface area contributed by atoms with Crippen molar-refractivity contribution >= 4 is 0 Å². The van der Waals surface area contributed by atoms with E-state index in [1.807, 2.05) is 10.9 Å². The average Bonchev–Trinajstić information content (AvgIpc) is 2.86. The molecular formula is C14H26N4. The fraction of sp³-hybridized carbons (Fsp3) is 0.786. The van der Waals surface area contributed by atoms with Crippen molar-refractivity contribution in [2.24, 2.45) is 5.92 Å². The van der Waals surface area contributed by atoms with E-state index >= 15 is 0 Å². The average molecular weight is 250 g/mol. The van der Waals surface area contributed by atoms with Gasteiger partial charge >= 0.3 is 0 Å². The molecule has 1 saturated heterocycles. The van der Waals surface area contributed by atoms with Crippen molar-refractivity contribution in [2.75, 3.05) is 20.1 Å². The molecule has 2 heterocycles. The van der Waals surface area contributed by atoms with E-state index < -0.39 is 0 Å². The van der Waals surface area contributed by atoms with E-state index in [1.54, 1.807) is 0 Å². The normalized spacial score (nSPS) is 23.2. The Morgan fingerprint density at radius 1 is 1.56 bits per heavy atom. The van der Waals surface area contributed by atoms with E-state index in [9.17, 15) is 0 Å². The number of nitrogens with zero attached hydrogens (tertiary/aromatic N) is 3. The van der Waals surface area contributed by atoms with Crippen LogP contribution in [0, 0.1) is 5.92 Å². The lowest BCUT2D eigenvalue weighted by Gasteiger charge is -2.35. The minimum Gasteiger partial charge on any atom is -0.317 e. The largest absolute Gasteiger partial charge is 0.317 e. The van der Waals surface area contributed by atoms with Gasteiger partial charge in [0, 0.05) is 37.4 Å². The first kappa shape index (κ1) is 13.6. The van der Waals surface area contributed by atoms with Crippen LogP contribution in [0.1, 0.15) is 32.3 Å². The Morgan fingerprint density at radius 2 is 2.39 bits per heavy atom. The molecule has 0 spiro atoms. The number of likely N-dealkylation sites (tertiary alicyclic amines) is 1. The van der Waals surface area contributed by atoms with E-state index in [4.69, 9.17) is 0 Å². The van der Waals surface area contributed by atoms with Crippen LogP contribution in [-0.4, -0.2) is 40.9 Å². The van der Waals surface area contributed by atoms with Gasteiger partial charge in [0.1, 0.15) is 0 Å². The van der Waals surface area contributed by atoms with Crippen LogP contribution >= 0.6 is 0 Å². The first-order chi connectivity index (χ1) is 8.72. The summed E-state index contributed by atoms with van der Waals surface area (Å²) in [6, 6.07) is 0.617. The Bertz CT molecular complexity index is 360. The second-order valence-electron chi connectivity index (χ2n) is 5.42. The summed E-state index contributed by atoms with van der Waals surface area (Å²) in [6.45, 7) is 8.86. The van der Waals surface area contributed by atoms with Crippen LogP contribution in [-0.2, 0) is 13.1 Å². The fourth-order valence-electron chi connectivity index (χ4n) is 2.80. The molecule has 0 aliphatic carbocycles. The third-order valence-corrected chi connectivity index (χ3v) is 4.12. The molecule has 1 aliphatic rings. The topological polar surface area (TPSA) is 33.1 Å². The van der Waals surface area contributed by atoms with Gasteiger partial charge in [0.25, 0.3) is 0 Å². The zero-order valence-electron chi connectivity index (χ0n) is 11.9. The van der Waals surface area contributed by atoms with E-state index in [-0.39, 0.29) is 0 Å². The molecule has 2 rings (SSSR count). The van der Waals surface area contributed by atoms with E-state index in [0.717, 1.165) is 19.0 Å². The number of aromatic nitrogens is 2. The minimum atomic E-state index is 0.617. The van der Waals surface area contributed by atoms with Gasteiger partial charge in [-0.05, 0) is 46.2 Å². The van der Waals surface area contributed by atoms with Gasteiger partial charge in [-0.25, -0.2) is 0 Å². The van der Waals surface area contributed by atoms with Crippen LogP contribution in [0.25, 0.3) is 0 Å². The molecule has 102 valence electrons. The Balaban J connectivity index is 1.89. The Kier molecular flexibility index (Phi) is 4.78. The number of nitrogens with one attached hydrogen (secondary N) is 1. The molecule has 0 aromatic carbocycles. The minimum absolute atomic E-state index is 0.617. The predicted molar refractivity (Wildman–Crippen MR) is 74.4 cm³/mol. The van der Waals surface area contributed by atoms with Gasteiger partial charge in [-0.2, -0.15) is 5.10 Å². The van der Waals surface area contributed by atoms with Gasteiger partial charge < -0.3 is 5.32 Å². The monoisotopic (exact) mass is 250 g/mol. The maximum absolute atomic E-state index is 4.35. The Labute approximate surface area is 110 Å². The standard InChI is InChI=1S/C14H26N4/c1-4-18-10-13(8-16-18)9-17-7-5-6-14(11-17)12(2)15-3/h8,10,12,14-15H,4-7,9,11H2,1-3H3. The molecule has 0 saturated carbocycles. The van der Waals surface area contributed by atoms with Gasteiger partial charge in [-0.1, -0.05) is 0 Å². The summed E-state index contributed by atoms with van der Waals surface area (Å²) in [6.07, 6.45) is 6.85. The van der Waals surface area contributed by atoms with E-state index in [0.29, 0.717) is 6.04 Å². The van der Waals surface area contributed by atoms with Crippen molar-refractivity contribution in [1.82, 2.24) is 20.0 Å². The molecule has 1 N–H and O–H groups in total. The van der Waals surface area contributed by atoms with Crippen LogP contribution < -0.4 is 5.32 Å². The van der Waals surface area contributed by atoms with Gasteiger partial charge in [0.05, 0.1) is 6.20 Å². The highest BCUT2D eigenvalue weighted by atomic mass is 15.3. The summed E-state index contributed by atoms with van der Waals surface area (Å²) in [5, 5.41) is 7.74. The summed E-state index contributed by atoms with van der Waals surface area (Å²) >= 11 is 0. The Hall–Kier alpha value is -0.870. The van der Waals surface area contributed by atoms with Gasteiger partial charge in [-0.3, -0.25) is 9.58 Å². The third kappa shape index (κ3) is 3.33. The molecule has 18 heavy (non-hydrogen) atoms. The van der Waals surface area contributed by atoms with Gasteiger partial charge in [0.2, 0.25) is 0 Å². The number of rotatable bonds is 5. The van der Waals surface area contributed by atoms with Gasteiger partial charge in [0.15, 0.2) is 0 Å². The Morgan fingerprint density at radius 3 is 3.06 bits per heavy atom. The van der Waals surface area contributed by atoms with Crippen molar-refractivity contribution in [1.29, 1.82) is 0 Å². The molecule has 2 unspecified atom stereocenters.